The maximum atomic E-state index is 12.5. The third-order valence-corrected chi connectivity index (χ3v) is 8.15. The molecule has 8 heteroatoms. The van der Waals surface area contributed by atoms with Gasteiger partial charge in [0.25, 0.3) is 14.7 Å². The summed E-state index contributed by atoms with van der Waals surface area (Å²) in [7, 11) is -1.66. The molecule has 39 heavy (non-hydrogen) atoms. The number of carbonyl (C=O) groups excluding carboxylic acids is 1. The largest absolute Gasteiger partial charge is 0.436 e. The van der Waals surface area contributed by atoms with Gasteiger partial charge in [0.05, 0.1) is 24.6 Å². The fraction of sp³-hybridized carbons (Fsp3) is 0.258. The van der Waals surface area contributed by atoms with E-state index in [4.69, 9.17) is 22.0 Å². The summed E-state index contributed by atoms with van der Waals surface area (Å²) < 4.78 is 11.6. The SMILES string of the molecule is C#CCOC(=O)N(CC#C)Cc1cc([N+](=O)[O-])ccc1CO[Si](c1ccccc1)c1ccc(C(C)(C)C)cc1. The Hall–Kier alpha value is -4.37. The maximum Gasteiger partial charge on any atom is 0.411 e. The lowest BCUT2D eigenvalue weighted by Crippen LogP contribution is -2.45. The van der Waals surface area contributed by atoms with Crippen molar-refractivity contribution in [2.75, 3.05) is 13.2 Å². The Bertz CT molecular complexity index is 1370. The predicted octanol–water partition coefficient (Wildman–Crippen LogP) is 4.42. The molecule has 7 nitrogen and oxygen atoms in total. The van der Waals surface area contributed by atoms with E-state index in [0.29, 0.717) is 11.1 Å². The summed E-state index contributed by atoms with van der Waals surface area (Å²) in [4.78, 5) is 24.8. The zero-order chi connectivity index (χ0) is 28.4. The highest BCUT2D eigenvalue weighted by atomic mass is 28.3. The Balaban J connectivity index is 1.93. The van der Waals surface area contributed by atoms with Crippen LogP contribution in [0.25, 0.3) is 0 Å². The van der Waals surface area contributed by atoms with Gasteiger partial charge in [0.15, 0.2) is 6.61 Å². The highest BCUT2D eigenvalue weighted by molar-refractivity contribution is 6.80. The van der Waals surface area contributed by atoms with Crippen molar-refractivity contribution >= 4 is 31.2 Å². The fourth-order valence-corrected chi connectivity index (χ4v) is 5.83. The van der Waals surface area contributed by atoms with Crippen LogP contribution in [0.1, 0.15) is 37.5 Å². The van der Waals surface area contributed by atoms with Crippen LogP contribution in [-0.4, -0.2) is 38.1 Å². The number of terminal acetylenes is 2. The van der Waals surface area contributed by atoms with Gasteiger partial charge in [-0.15, -0.1) is 12.8 Å². The number of nitro benzene ring substituents is 1. The summed E-state index contributed by atoms with van der Waals surface area (Å²) in [5.74, 6) is 4.67. The zero-order valence-corrected chi connectivity index (χ0v) is 23.3. The van der Waals surface area contributed by atoms with Crippen LogP contribution < -0.4 is 10.4 Å². The average Bonchev–Trinajstić information content (AvgIpc) is 2.92. The molecular weight excluding hydrogens is 508 g/mol. The molecule has 0 heterocycles. The Labute approximate surface area is 231 Å². The molecule has 1 amide bonds. The van der Waals surface area contributed by atoms with Crippen molar-refractivity contribution in [2.24, 2.45) is 0 Å². The summed E-state index contributed by atoms with van der Waals surface area (Å²) in [5, 5.41) is 13.7. The number of benzene rings is 3. The van der Waals surface area contributed by atoms with E-state index in [0.717, 1.165) is 10.4 Å². The number of hydrogen-bond acceptors (Lipinski definition) is 5. The first-order valence-corrected chi connectivity index (χ1v) is 13.8. The molecule has 0 bridgehead atoms. The molecule has 0 aliphatic carbocycles. The van der Waals surface area contributed by atoms with Gasteiger partial charge in [0, 0.05) is 12.1 Å². The molecule has 0 saturated heterocycles. The summed E-state index contributed by atoms with van der Waals surface area (Å²) in [6, 6.07) is 23.0. The minimum atomic E-state index is -1.66. The fourth-order valence-electron chi connectivity index (χ4n) is 3.90. The zero-order valence-electron chi connectivity index (χ0n) is 22.3. The summed E-state index contributed by atoms with van der Waals surface area (Å²) in [5.41, 5.74) is 2.39. The van der Waals surface area contributed by atoms with Crippen LogP contribution in [0.3, 0.4) is 0 Å². The molecule has 3 aromatic carbocycles. The van der Waals surface area contributed by atoms with Gasteiger partial charge in [-0.05, 0) is 38.5 Å². The van der Waals surface area contributed by atoms with Gasteiger partial charge in [-0.2, -0.15) is 0 Å². The van der Waals surface area contributed by atoms with E-state index in [1.807, 2.05) is 30.3 Å². The van der Waals surface area contributed by atoms with E-state index in [2.05, 4.69) is 56.9 Å². The van der Waals surface area contributed by atoms with Gasteiger partial charge in [-0.25, -0.2) is 4.79 Å². The van der Waals surface area contributed by atoms with E-state index in [1.54, 1.807) is 6.07 Å². The molecule has 0 aliphatic heterocycles. The lowest BCUT2D eigenvalue weighted by Gasteiger charge is -2.23. The highest BCUT2D eigenvalue weighted by Crippen LogP contribution is 2.23. The number of hydrogen-bond donors (Lipinski definition) is 0. The van der Waals surface area contributed by atoms with Crippen molar-refractivity contribution in [3.05, 3.63) is 99.6 Å². The number of nitrogens with zero attached hydrogens (tertiary/aromatic N) is 2. The number of amides is 1. The van der Waals surface area contributed by atoms with Gasteiger partial charge in [-0.3, -0.25) is 15.0 Å². The smallest absolute Gasteiger partial charge is 0.411 e. The highest BCUT2D eigenvalue weighted by Gasteiger charge is 2.23. The van der Waals surface area contributed by atoms with E-state index >= 15 is 0 Å². The first kappa shape index (κ1) is 29.2. The summed E-state index contributed by atoms with van der Waals surface area (Å²) in [6.07, 6.45) is 9.96. The van der Waals surface area contributed by atoms with Gasteiger partial charge >= 0.3 is 6.09 Å². The van der Waals surface area contributed by atoms with E-state index < -0.39 is 20.1 Å². The number of rotatable bonds is 10. The predicted molar refractivity (Wildman–Crippen MR) is 154 cm³/mol. The lowest BCUT2D eigenvalue weighted by atomic mass is 9.87. The Morgan fingerprint density at radius 3 is 2.23 bits per heavy atom. The van der Waals surface area contributed by atoms with Crippen LogP contribution in [0.15, 0.2) is 72.8 Å². The maximum absolute atomic E-state index is 12.5. The number of non-ortho nitro benzene ring substituents is 1. The summed E-state index contributed by atoms with van der Waals surface area (Å²) >= 11 is 0. The van der Waals surface area contributed by atoms with Crippen LogP contribution in [0.2, 0.25) is 0 Å². The first-order chi connectivity index (χ1) is 18.6. The van der Waals surface area contributed by atoms with Crippen LogP contribution >= 0.6 is 0 Å². The number of ether oxygens (including phenoxy) is 1. The van der Waals surface area contributed by atoms with Gasteiger partial charge in [0.2, 0.25) is 0 Å². The van der Waals surface area contributed by atoms with Crippen molar-refractivity contribution in [1.29, 1.82) is 0 Å². The monoisotopic (exact) mass is 539 g/mol. The van der Waals surface area contributed by atoms with Crippen LogP contribution in [0, 0.1) is 34.8 Å². The minimum absolute atomic E-state index is 0.00166. The van der Waals surface area contributed by atoms with Gasteiger partial charge in [0.1, 0.15) is 0 Å². The molecule has 0 N–H and O–H groups in total. The Morgan fingerprint density at radius 1 is 0.974 bits per heavy atom. The average molecular weight is 540 g/mol. The van der Waals surface area contributed by atoms with E-state index in [-0.39, 0.29) is 37.4 Å². The van der Waals surface area contributed by atoms with Crippen LogP contribution in [-0.2, 0) is 27.7 Å². The Morgan fingerprint density at radius 2 is 1.64 bits per heavy atom. The van der Waals surface area contributed by atoms with Gasteiger partial charge in [-0.1, -0.05) is 87.2 Å². The molecular formula is C31H31N2O5Si. The standard InChI is InChI=1S/C31H31N2O5Si/c1-6-19-32(30(34)37-20-7-2)22-25-21-27(33(35)36)16-13-24(25)23-38-39(28-11-9-8-10-12-28)29-17-14-26(15-18-29)31(3,4)5/h1-2,8-18,21H,19-20,22-23H2,3-5H3. The minimum Gasteiger partial charge on any atom is -0.436 e. The lowest BCUT2D eigenvalue weighted by molar-refractivity contribution is -0.384. The van der Waals surface area contributed by atoms with Crippen LogP contribution in [0.4, 0.5) is 10.5 Å². The molecule has 0 aliphatic rings. The normalized spacial score (nSPS) is 10.9. The van der Waals surface area contributed by atoms with Crippen molar-refractivity contribution in [3.8, 4) is 24.7 Å². The quantitative estimate of drug-likeness (QED) is 0.165. The summed E-state index contributed by atoms with van der Waals surface area (Å²) in [6.45, 7) is 6.44. The van der Waals surface area contributed by atoms with Crippen molar-refractivity contribution in [3.63, 3.8) is 0 Å². The molecule has 3 aromatic rings. The molecule has 0 atom stereocenters. The van der Waals surface area contributed by atoms with E-state index in [9.17, 15) is 14.9 Å². The third kappa shape index (κ3) is 8.05. The molecule has 0 aromatic heterocycles. The topological polar surface area (TPSA) is 81.9 Å². The Kier molecular flexibility index (Phi) is 10.1. The van der Waals surface area contributed by atoms with Crippen molar-refractivity contribution in [2.45, 2.75) is 39.3 Å². The van der Waals surface area contributed by atoms with Crippen LogP contribution in [0.5, 0.6) is 0 Å². The van der Waals surface area contributed by atoms with Gasteiger partial charge < -0.3 is 9.16 Å². The second-order valence-electron chi connectivity index (χ2n) is 9.84. The molecule has 199 valence electrons. The molecule has 1 radical (unpaired) electrons. The second-order valence-corrected chi connectivity index (χ2v) is 11.9. The molecule has 0 spiro atoms. The van der Waals surface area contributed by atoms with E-state index in [1.165, 1.54) is 22.6 Å². The first-order valence-electron chi connectivity index (χ1n) is 12.3. The number of carbonyl (C=O) groups is 1. The molecule has 0 saturated carbocycles. The third-order valence-electron chi connectivity index (χ3n) is 6.00. The molecule has 0 fully saturated rings. The molecule has 0 unspecified atom stereocenters. The van der Waals surface area contributed by atoms with Crippen molar-refractivity contribution < 1.29 is 18.9 Å². The number of nitro groups is 1. The second kappa shape index (κ2) is 13.4. The molecule has 3 rings (SSSR count). The van der Waals surface area contributed by atoms with Crippen molar-refractivity contribution in [1.82, 2.24) is 4.90 Å².